The summed E-state index contributed by atoms with van der Waals surface area (Å²) in [6.07, 6.45) is 4.35. The van der Waals surface area contributed by atoms with Gasteiger partial charge < -0.3 is 5.11 Å². The average Bonchev–Trinajstić information content (AvgIpc) is 2.83. The predicted octanol–water partition coefficient (Wildman–Crippen LogP) is 2.23. The lowest BCUT2D eigenvalue weighted by molar-refractivity contribution is -0.00829. The van der Waals surface area contributed by atoms with Crippen LogP contribution in [0.1, 0.15) is 46.5 Å². The van der Waals surface area contributed by atoms with Crippen molar-refractivity contribution in [3.63, 3.8) is 0 Å². The number of hydrogen-bond donors (Lipinski definition) is 1. The molecule has 1 saturated carbocycles. The van der Waals surface area contributed by atoms with Gasteiger partial charge in [-0.1, -0.05) is 27.2 Å². The summed E-state index contributed by atoms with van der Waals surface area (Å²) in [5.74, 6) is 0.804. The molecule has 0 bridgehead atoms. The highest BCUT2D eigenvalue weighted by molar-refractivity contribution is 4.92. The Morgan fingerprint density at radius 2 is 2.08 bits per heavy atom. The topological polar surface area (TPSA) is 23.5 Å². The second kappa shape index (κ2) is 4.97. The van der Waals surface area contributed by atoms with Crippen LogP contribution >= 0.6 is 0 Å². The molecular formula is C11H23NO. The maximum absolute atomic E-state index is 9.80. The zero-order valence-corrected chi connectivity index (χ0v) is 9.16. The number of rotatable bonds is 6. The number of nitrogens with zero attached hydrogens (tertiary/aromatic N) is 1. The van der Waals surface area contributed by atoms with Gasteiger partial charge in [-0.25, -0.2) is 0 Å². The molecule has 0 radical (unpaired) electrons. The fourth-order valence-corrected chi connectivity index (χ4v) is 1.88. The summed E-state index contributed by atoms with van der Waals surface area (Å²) in [6, 6.07) is 0.668. The van der Waals surface area contributed by atoms with E-state index >= 15 is 0 Å². The van der Waals surface area contributed by atoms with Crippen LogP contribution in [0.15, 0.2) is 0 Å². The van der Waals surface area contributed by atoms with Crippen molar-refractivity contribution < 1.29 is 5.11 Å². The molecule has 0 aromatic rings. The Hall–Kier alpha value is -0.0800. The predicted molar refractivity (Wildman–Crippen MR) is 55.5 cm³/mol. The van der Waals surface area contributed by atoms with Crippen molar-refractivity contribution in [2.75, 3.05) is 6.54 Å². The summed E-state index contributed by atoms with van der Waals surface area (Å²) >= 11 is 0. The van der Waals surface area contributed by atoms with Crippen LogP contribution < -0.4 is 0 Å². The molecule has 0 saturated heterocycles. The van der Waals surface area contributed by atoms with Crippen molar-refractivity contribution in [1.29, 1.82) is 0 Å². The molecule has 0 aromatic carbocycles. The van der Waals surface area contributed by atoms with Crippen molar-refractivity contribution in [2.45, 2.75) is 58.7 Å². The first-order valence-corrected chi connectivity index (χ1v) is 5.64. The van der Waals surface area contributed by atoms with E-state index in [1.165, 1.54) is 19.3 Å². The second-order valence-corrected chi connectivity index (χ2v) is 4.26. The van der Waals surface area contributed by atoms with E-state index in [4.69, 9.17) is 0 Å². The molecule has 1 aliphatic carbocycles. The molecular weight excluding hydrogens is 162 g/mol. The first-order valence-electron chi connectivity index (χ1n) is 5.64. The van der Waals surface area contributed by atoms with Crippen LogP contribution in [0.2, 0.25) is 0 Å². The summed E-state index contributed by atoms with van der Waals surface area (Å²) in [4.78, 5) is 2.29. The van der Waals surface area contributed by atoms with Crippen LogP contribution in [0, 0.1) is 5.92 Å². The molecule has 1 N–H and O–H groups in total. The van der Waals surface area contributed by atoms with Gasteiger partial charge in [0.15, 0.2) is 0 Å². The van der Waals surface area contributed by atoms with E-state index in [-0.39, 0.29) is 6.23 Å². The molecule has 0 amide bonds. The molecule has 2 heteroatoms. The molecule has 1 aliphatic rings. The lowest BCUT2D eigenvalue weighted by atomic mass is 10.2. The van der Waals surface area contributed by atoms with Gasteiger partial charge in [-0.3, -0.25) is 4.90 Å². The lowest BCUT2D eigenvalue weighted by Gasteiger charge is -2.27. The number of hydrogen-bond acceptors (Lipinski definition) is 2. The van der Waals surface area contributed by atoms with Crippen molar-refractivity contribution in [3.05, 3.63) is 0 Å². The number of aliphatic hydroxyl groups excluding tert-OH is 1. The molecule has 2 nitrogen and oxygen atoms in total. The molecule has 1 rings (SSSR count). The normalized spacial score (nSPS) is 29.3. The maximum atomic E-state index is 9.80. The van der Waals surface area contributed by atoms with Gasteiger partial charge in [0.2, 0.25) is 0 Å². The van der Waals surface area contributed by atoms with Crippen molar-refractivity contribution in [1.82, 2.24) is 4.90 Å². The van der Waals surface area contributed by atoms with Crippen molar-refractivity contribution in [3.8, 4) is 0 Å². The number of unbranched alkanes of at least 4 members (excludes halogenated alkanes) is 1. The van der Waals surface area contributed by atoms with Gasteiger partial charge in [-0.15, -0.1) is 0 Å². The molecule has 0 aliphatic heterocycles. The molecule has 3 unspecified atom stereocenters. The third-order valence-electron chi connectivity index (χ3n) is 3.01. The largest absolute Gasteiger partial charge is 0.378 e. The van der Waals surface area contributed by atoms with Gasteiger partial charge in [0.25, 0.3) is 0 Å². The Balaban J connectivity index is 2.35. The quantitative estimate of drug-likeness (QED) is 0.641. The van der Waals surface area contributed by atoms with E-state index in [1.54, 1.807) is 0 Å². The highest BCUT2D eigenvalue weighted by Gasteiger charge is 2.39. The van der Waals surface area contributed by atoms with E-state index < -0.39 is 0 Å². The highest BCUT2D eigenvalue weighted by Crippen LogP contribution is 2.36. The highest BCUT2D eigenvalue weighted by atomic mass is 16.3. The Kier molecular flexibility index (Phi) is 4.20. The van der Waals surface area contributed by atoms with Crippen LogP contribution in [0.25, 0.3) is 0 Å². The lowest BCUT2D eigenvalue weighted by Crippen LogP contribution is -2.38. The molecule has 0 spiro atoms. The fourth-order valence-electron chi connectivity index (χ4n) is 1.88. The molecule has 78 valence electrons. The Labute approximate surface area is 81.9 Å². The Morgan fingerprint density at radius 1 is 1.46 bits per heavy atom. The molecule has 0 heterocycles. The van der Waals surface area contributed by atoms with Crippen molar-refractivity contribution in [2.24, 2.45) is 5.92 Å². The molecule has 3 atom stereocenters. The fraction of sp³-hybridized carbons (Fsp3) is 1.00. The third kappa shape index (κ3) is 2.96. The van der Waals surface area contributed by atoms with Crippen LogP contribution in [-0.4, -0.2) is 28.8 Å². The summed E-state index contributed by atoms with van der Waals surface area (Å²) in [6.45, 7) is 7.59. The van der Waals surface area contributed by atoms with Crippen LogP contribution in [0.3, 0.4) is 0 Å². The smallest absolute Gasteiger partial charge is 0.107 e. The summed E-state index contributed by atoms with van der Waals surface area (Å²) in [5, 5.41) is 9.80. The van der Waals surface area contributed by atoms with Gasteiger partial charge in [0.1, 0.15) is 6.23 Å². The number of aliphatic hydroxyl groups is 1. The zero-order chi connectivity index (χ0) is 9.84. The van der Waals surface area contributed by atoms with Crippen LogP contribution in [0.4, 0.5) is 0 Å². The third-order valence-corrected chi connectivity index (χ3v) is 3.01. The zero-order valence-electron chi connectivity index (χ0n) is 9.16. The Bertz CT molecular complexity index is 145. The molecule has 13 heavy (non-hydrogen) atoms. The SMILES string of the molecule is CCCCN(C(O)CC)C1CC1C. The van der Waals surface area contributed by atoms with Crippen molar-refractivity contribution >= 4 is 0 Å². The van der Waals surface area contributed by atoms with E-state index in [0.29, 0.717) is 6.04 Å². The Morgan fingerprint density at radius 3 is 2.46 bits per heavy atom. The van der Waals surface area contributed by atoms with Gasteiger partial charge in [-0.05, 0) is 25.2 Å². The van der Waals surface area contributed by atoms with Crippen LogP contribution in [0.5, 0.6) is 0 Å². The van der Waals surface area contributed by atoms with E-state index in [9.17, 15) is 5.11 Å². The standard InChI is InChI=1S/C11H23NO/c1-4-6-7-12(11(13)5-2)10-8-9(10)3/h9-11,13H,4-8H2,1-3H3. The van der Waals surface area contributed by atoms with Gasteiger partial charge in [0, 0.05) is 12.6 Å². The van der Waals surface area contributed by atoms with E-state index in [1.807, 2.05) is 0 Å². The van der Waals surface area contributed by atoms with Gasteiger partial charge in [-0.2, -0.15) is 0 Å². The van der Waals surface area contributed by atoms with Gasteiger partial charge >= 0.3 is 0 Å². The molecule has 1 fully saturated rings. The minimum absolute atomic E-state index is 0.207. The van der Waals surface area contributed by atoms with Crippen LogP contribution in [-0.2, 0) is 0 Å². The first-order chi connectivity index (χ1) is 6.20. The van der Waals surface area contributed by atoms with E-state index in [0.717, 1.165) is 18.9 Å². The summed E-state index contributed by atoms with van der Waals surface area (Å²) in [7, 11) is 0. The van der Waals surface area contributed by atoms with E-state index in [2.05, 4.69) is 25.7 Å². The molecule has 0 aromatic heterocycles. The average molecular weight is 185 g/mol. The summed E-state index contributed by atoms with van der Waals surface area (Å²) in [5.41, 5.74) is 0. The monoisotopic (exact) mass is 185 g/mol. The second-order valence-electron chi connectivity index (χ2n) is 4.26. The first kappa shape index (κ1) is 11.0. The van der Waals surface area contributed by atoms with Gasteiger partial charge in [0.05, 0.1) is 0 Å². The minimum atomic E-state index is -0.207. The summed E-state index contributed by atoms with van der Waals surface area (Å²) < 4.78 is 0. The maximum Gasteiger partial charge on any atom is 0.107 e. The minimum Gasteiger partial charge on any atom is -0.378 e.